The molecule has 1 nitrogen and oxygen atoms in total. The molecule has 0 aliphatic heterocycles. The number of rotatable bonds is 6. The Balaban J connectivity index is 2.57. The lowest BCUT2D eigenvalue weighted by Gasteiger charge is -2.11. The first-order chi connectivity index (χ1) is 8.04. The molecule has 0 spiro atoms. The van der Waals surface area contributed by atoms with Crippen LogP contribution < -0.4 is 5.32 Å². The van der Waals surface area contributed by atoms with E-state index in [1.54, 1.807) is 0 Å². The van der Waals surface area contributed by atoms with Crippen LogP contribution in [0.25, 0.3) is 0 Å². The molecule has 0 amide bonds. The molecule has 0 radical (unpaired) electrons. The highest BCUT2D eigenvalue weighted by atomic mass is 19.1. The van der Waals surface area contributed by atoms with Gasteiger partial charge in [-0.3, -0.25) is 0 Å². The van der Waals surface area contributed by atoms with Gasteiger partial charge in [-0.05, 0) is 38.8 Å². The second kappa shape index (κ2) is 6.64. The molecule has 0 saturated heterocycles. The highest BCUT2D eigenvalue weighted by Gasteiger charge is 2.12. The molecule has 0 heterocycles. The maximum absolute atomic E-state index is 13.3. The highest BCUT2D eigenvalue weighted by Crippen LogP contribution is 2.19. The maximum Gasteiger partial charge on any atom is 0.132 e. The minimum atomic E-state index is -0.869. The molecular formula is C13H18F3N. The first kappa shape index (κ1) is 14.0. The van der Waals surface area contributed by atoms with Gasteiger partial charge in [0.15, 0.2) is 0 Å². The first-order valence-electron chi connectivity index (χ1n) is 5.82. The number of nitrogens with one attached hydrogen (secondary N) is 1. The summed E-state index contributed by atoms with van der Waals surface area (Å²) in [5.74, 6) is -2.06. The Morgan fingerprint density at radius 3 is 2.24 bits per heavy atom. The monoisotopic (exact) mass is 245 g/mol. The summed E-state index contributed by atoms with van der Waals surface area (Å²) in [6.45, 7) is 2.92. The van der Waals surface area contributed by atoms with E-state index in [1.165, 1.54) is 0 Å². The summed E-state index contributed by atoms with van der Waals surface area (Å²) in [6.07, 6.45) is 1.96. The first-order valence-corrected chi connectivity index (χ1v) is 5.82. The van der Waals surface area contributed by atoms with E-state index in [4.69, 9.17) is 0 Å². The molecule has 96 valence electrons. The van der Waals surface area contributed by atoms with Crippen LogP contribution in [0.1, 0.15) is 25.3 Å². The molecule has 1 aromatic rings. The number of hydrogen-bond donors (Lipinski definition) is 1. The summed E-state index contributed by atoms with van der Waals surface area (Å²) in [6, 6.07) is 1.47. The van der Waals surface area contributed by atoms with Crippen molar-refractivity contribution < 1.29 is 13.2 Å². The smallest absolute Gasteiger partial charge is 0.132 e. The molecule has 0 aromatic heterocycles. The SMILES string of the molecule is CNCCC(C)CCc1c(F)cc(F)cc1F. The van der Waals surface area contributed by atoms with E-state index in [-0.39, 0.29) is 5.56 Å². The van der Waals surface area contributed by atoms with E-state index < -0.39 is 17.5 Å². The van der Waals surface area contributed by atoms with Gasteiger partial charge in [-0.2, -0.15) is 0 Å². The van der Waals surface area contributed by atoms with Crippen molar-refractivity contribution in [1.82, 2.24) is 5.32 Å². The third-order valence-corrected chi connectivity index (χ3v) is 2.88. The number of benzene rings is 1. The van der Waals surface area contributed by atoms with Crippen molar-refractivity contribution in [1.29, 1.82) is 0 Å². The summed E-state index contributed by atoms with van der Waals surface area (Å²) in [7, 11) is 1.87. The second-order valence-electron chi connectivity index (χ2n) is 4.38. The van der Waals surface area contributed by atoms with Crippen LogP contribution in [0.5, 0.6) is 0 Å². The fraction of sp³-hybridized carbons (Fsp3) is 0.538. The van der Waals surface area contributed by atoms with Crippen molar-refractivity contribution in [2.45, 2.75) is 26.2 Å². The van der Waals surface area contributed by atoms with Crippen LogP contribution >= 0.6 is 0 Å². The summed E-state index contributed by atoms with van der Waals surface area (Å²) < 4.78 is 39.3. The third kappa shape index (κ3) is 4.38. The molecule has 0 saturated carbocycles. The van der Waals surface area contributed by atoms with Gasteiger partial charge in [0.1, 0.15) is 17.5 Å². The van der Waals surface area contributed by atoms with Gasteiger partial charge in [-0.25, -0.2) is 13.2 Å². The lowest BCUT2D eigenvalue weighted by atomic mass is 9.97. The molecule has 0 aliphatic rings. The third-order valence-electron chi connectivity index (χ3n) is 2.88. The average molecular weight is 245 g/mol. The van der Waals surface area contributed by atoms with Crippen LogP contribution in [0, 0.1) is 23.4 Å². The summed E-state index contributed by atoms with van der Waals surface area (Å²) >= 11 is 0. The van der Waals surface area contributed by atoms with Crippen LogP contribution in [0.15, 0.2) is 12.1 Å². The van der Waals surface area contributed by atoms with Gasteiger partial charge in [-0.15, -0.1) is 0 Å². The van der Waals surface area contributed by atoms with Crippen molar-refractivity contribution in [3.8, 4) is 0 Å². The van der Waals surface area contributed by atoms with Gasteiger partial charge in [0.2, 0.25) is 0 Å². The van der Waals surface area contributed by atoms with Crippen molar-refractivity contribution in [3.05, 3.63) is 35.1 Å². The lowest BCUT2D eigenvalue weighted by molar-refractivity contribution is 0.462. The Bertz CT molecular complexity index is 343. The van der Waals surface area contributed by atoms with Crippen LogP contribution in [-0.2, 0) is 6.42 Å². The fourth-order valence-corrected chi connectivity index (χ4v) is 1.74. The predicted octanol–water partition coefficient (Wildman–Crippen LogP) is 3.28. The van der Waals surface area contributed by atoms with Crippen molar-refractivity contribution in [3.63, 3.8) is 0 Å². The topological polar surface area (TPSA) is 12.0 Å². The standard InChI is InChI=1S/C13H18F3N/c1-9(5-6-17-2)3-4-11-12(15)7-10(14)8-13(11)16/h7-9,17H,3-6H2,1-2H3. The normalized spacial score (nSPS) is 12.8. The molecule has 0 aliphatic carbocycles. The molecule has 1 aromatic carbocycles. The molecule has 1 unspecified atom stereocenters. The van der Waals surface area contributed by atoms with Gasteiger partial charge in [-0.1, -0.05) is 6.92 Å². The summed E-state index contributed by atoms with van der Waals surface area (Å²) in [5.41, 5.74) is -0.0114. The van der Waals surface area contributed by atoms with Gasteiger partial charge in [0.05, 0.1) is 0 Å². The molecule has 0 bridgehead atoms. The van der Waals surface area contributed by atoms with Crippen LogP contribution in [0.3, 0.4) is 0 Å². The Morgan fingerprint density at radius 1 is 1.12 bits per heavy atom. The molecule has 1 N–H and O–H groups in total. The van der Waals surface area contributed by atoms with Gasteiger partial charge >= 0.3 is 0 Å². The summed E-state index contributed by atoms with van der Waals surface area (Å²) in [4.78, 5) is 0. The van der Waals surface area contributed by atoms with Crippen LogP contribution in [-0.4, -0.2) is 13.6 Å². The number of hydrogen-bond acceptors (Lipinski definition) is 1. The van der Waals surface area contributed by atoms with E-state index in [1.807, 2.05) is 14.0 Å². The Labute approximate surface area is 100 Å². The zero-order valence-electron chi connectivity index (χ0n) is 10.2. The lowest BCUT2D eigenvalue weighted by Crippen LogP contribution is -2.12. The average Bonchev–Trinajstić information content (AvgIpc) is 2.24. The second-order valence-corrected chi connectivity index (χ2v) is 4.38. The van der Waals surface area contributed by atoms with E-state index in [0.29, 0.717) is 18.8 Å². The molecule has 1 atom stereocenters. The Hall–Kier alpha value is -1.03. The minimum absolute atomic E-state index is 0.0114. The number of halogens is 3. The minimum Gasteiger partial charge on any atom is -0.320 e. The Morgan fingerprint density at radius 2 is 1.71 bits per heavy atom. The zero-order chi connectivity index (χ0) is 12.8. The highest BCUT2D eigenvalue weighted by molar-refractivity contribution is 5.20. The molecule has 4 heteroatoms. The van der Waals surface area contributed by atoms with Gasteiger partial charge in [0, 0.05) is 17.7 Å². The molecule has 1 rings (SSSR count). The summed E-state index contributed by atoms with van der Waals surface area (Å²) in [5, 5.41) is 3.03. The maximum atomic E-state index is 13.3. The van der Waals surface area contributed by atoms with E-state index in [2.05, 4.69) is 5.32 Å². The quantitative estimate of drug-likeness (QED) is 0.811. The van der Waals surface area contributed by atoms with Gasteiger partial charge in [0.25, 0.3) is 0 Å². The molecular weight excluding hydrogens is 227 g/mol. The van der Waals surface area contributed by atoms with Crippen molar-refractivity contribution in [2.24, 2.45) is 5.92 Å². The van der Waals surface area contributed by atoms with Crippen molar-refractivity contribution in [2.75, 3.05) is 13.6 Å². The van der Waals surface area contributed by atoms with E-state index in [9.17, 15) is 13.2 Å². The van der Waals surface area contributed by atoms with Crippen molar-refractivity contribution >= 4 is 0 Å². The molecule has 0 fully saturated rings. The fourth-order valence-electron chi connectivity index (χ4n) is 1.74. The zero-order valence-corrected chi connectivity index (χ0v) is 10.2. The molecule has 17 heavy (non-hydrogen) atoms. The Kier molecular flexibility index (Phi) is 5.48. The van der Waals surface area contributed by atoms with E-state index >= 15 is 0 Å². The predicted molar refractivity (Wildman–Crippen MR) is 62.3 cm³/mol. The van der Waals surface area contributed by atoms with Crippen LogP contribution in [0.2, 0.25) is 0 Å². The van der Waals surface area contributed by atoms with E-state index in [0.717, 1.165) is 25.1 Å². The van der Waals surface area contributed by atoms with Gasteiger partial charge < -0.3 is 5.32 Å². The largest absolute Gasteiger partial charge is 0.320 e. The van der Waals surface area contributed by atoms with Crippen LogP contribution in [0.4, 0.5) is 13.2 Å².